The predicted octanol–water partition coefficient (Wildman–Crippen LogP) is 2.17. The third-order valence-corrected chi connectivity index (χ3v) is 2.90. The molecule has 0 spiro atoms. The Morgan fingerprint density at radius 2 is 1.76 bits per heavy atom. The summed E-state index contributed by atoms with van der Waals surface area (Å²) in [5.74, 6) is 0.0497. The molecule has 4 nitrogen and oxygen atoms in total. The molecule has 2 aromatic rings. The Hall–Kier alpha value is -2.36. The molecule has 2 amide bonds. The van der Waals surface area contributed by atoms with E-state index < -0.39 is 0 Å². The minimum atomic E-state index is -0.281. The van der Waals surface area contributed by atoms with Crippen molar-refractivity contribution in [1.82, 2.24) is 4.90 Å². The van der Waals surface area contributed by atoms with E-state index in [2.05, 4.69) is 0 Å². The molecule has 3 rings (SSSR count). The van der Waals surface area contributed by atoms with Crippen molar-refractivity contribution < 1.29 is 14.0 Å². The summed E-state index contributed by atoms with van der Waals surface area (Å²) in [6.07, 6.45) is 1.54. The van der Waals surface area contributed by atoms with E-state index in [4.69, 9.17) is 4.42 Å². The second-order valence-electron chi connectivity index (χ2n) is 3.87. The van der Waals surface area contributed by atoms with Gasteiger partial charge in [0.2, 0.25) is 0 Å². The summed E-state index contributed by atoms with van der Waals surface area (Å²) in [4.78, 5) is 24.9. The van der Waals surface area contributed by atoms with Gasteiger partial charge in [-0.1, -0.05) is 12.1 Å². The van der Waals surface area contributed by atoms with Gasteiger partial charge in [0.05, 0.1) is 17.4 Å². The zero-order valence-corrected chi connectivity index (χ0v) is 9.14. The van der Waals surface area contributed by atoms with Crippen LogP contribution in [0.25, 0.3) is 11.3 Å². The zero-order valence-electron chi connectivity index (χ0n) is 9.14. The normalized spacial score (nSPS) is 14.3. The fourth-order valence-electron chi connectivity index (χ4n) is 2.04. The fraction of sp³-hybridized carbons (Fsp3) is 0.0769. The summed E-state index contributed by atoms with van der Waals surface area (Å²) in [5.41, 5.74) is 1.52. The summed E-state index contributed by atoms with van der Waals surface area (Å²) >= 11 is 0. The van der Waals surface area contributed by atoms with Gasteiger partial charge in [-0.05, 0) is 18.2 Å². The van der Waals surface area contributed by atoms with Gasteiger partial charge in [-0.15, -0.1) is 0 Å². The molecule has 84 valence electrons. The van der Waals surface area contributed by atoms with Crippen LogP contribution in [0.3, 0.4) is 0 Å². The number of imide groups is 1. The zero-order chi connectivity index (χ0) is 12.0. The number of amides is 2. The van der Waals surface area contributed by atoms with Crippen LogP contribution in [0.1, 0.15) is 20.7 Å². The van der Waals surface area contributed by atoms with E-state index in [1.807, 2.05) is 0 Å². The molecule has 1 aromatic carbocycles. The van der Waals surface area contributed by atoms with E-state index in [0.717, 1.165) is 4.90 Å². The summed E-state index contributed by atoms with van der Waals surface area (Å²) in [6.45, 7) is 0. The molecule has 4 heteroatoms. The highest BCUT2D eigenvalue weighted by Crippen LogP contribution is 2.32. The first-order valence-corrected chi connectivity index (χ1v) is 5.19. The summed E-state index contributed by atoms with van der Waals surface area (Å²) in [5, 5.41) is 0. The summed E-state index contributed by atoms with van der Waals surface area (Å²) in [7, 11) is 1.48. The molecule has 17 heavy (non-hydrogen) atoms. The highest BCUT2D eigenvalue weighted by molar-refractivity contribution is 6.23. The molecule has 2 heterocycles. The Morgan fingerprint density at radius 1 is 1.00 bits per heavy atom. The van der Waals surface area contributed by atoms with Crippen LogP contribution in [-0.4, -0.2) is 23.8 Å². The van der Waals surface area contributed by atoms with Crippen molar-refractivity contribution in [3.05, 3.63) is 47.7 Å². The van der Waals surface area contributed by atoms with Crippen LogP contribution in [0.4, 0.5) is 0 Å². The highest BCUT2D eigenvalue weighted by Gasteiger charge is 2.35. The molecule has 0 N–H and O–H groups in total. The number of hydrogen-bond acceptors (Lipinski definition) is 3. The SMILES string of the molecule is CN1C(=O)c2cccc(-c3ccco3)c2C1=O. The minimum Gasteiger partial charge on any atom is -0.464 e. The standard InChI is InChI=1S/C13H9NO3/c1-14-12(15)9-5-2-4-8(11(9)13(14)16)10-6-3-7-17-10/h2-7H,1H3. The lowest BCUT2D eigenvalue weighted by atomic mass is 10.0. The van der Waals surface area contributed by atoms with Gasteiger partial charge in [-0.3, -0.25) is 14.5 Å². The van der Waals surface area contributed by atoms with Crippen molar-refractivity contribution in [3.63, 3.8) is 0 Å². The Labute approximate surface area is 97.5 Å². The summed E-state index contributed by atoms with van der Waals surface area (Å²) in [6, 6.07) is 8.71. The molecule has 0 unspecified atom stereocenters. The van der Waals surface area contributed by atoms with Gasteiger partial charge in [0.15, 0.2) is 0 Å². The van der Waals surface area contributed by atoms with Crippen LogP contribution in [0, 0.1) is 0 Å². The van der Waals surface area contributed by atoms with Crippen molar-refractivity contribution in [2.24, 2.45) is 0 Å². The third-order valence-electron chi connectivity index (χ3n) is 2.90. The molecule has 0 saturated carbocycles. The monoisotopic (exact) mass is 227 g/mol. The number of rotatable bonds is 1. The van der Waals surface area contributed by atoms with Gasteiger partial charge in [0.1, 0.15) is 5.76 Å². The summed E-state index contributed by atoms with van der Waals surface area (Å²) < 4.78 is 5.28. The minimum absolute atomic E-state index is 0.265. The Bertz CT molecular complexity index is 614. The van der Waals surface area contributed by atoms with Crippen LogP contribution in [0.15, 0.2) is 41.0 Å². The quantitative estimate of drug-likeness (QED) is 0.701. The van der Waals surface area contributed by atoms with E-state index in [-0.39, 0.29) is 11.8 Å². The first kappa shape index (κ1) is 9.84. The molecular weight excluding hydrogens is 218 g/mol. The van der Waals surface area contributed by atoms with E-state index in [9.17, 15) is 9.59 Å². The van der Waals surface area contributed by atoms with Gasteiger partial charge >= 0.3 is 0 Å². The van der Waals surface area contributed by atoms with Crippen molar-refractivity contribution in [3.8, 4) is 11.3 Å². The van der Waals surface area contributed by atoms with Gasteiger partial charge in [-0.25, -0.2) is 0 Å². The van der Waals surface area contributed by atoms with Crippen LogP contribution in [0.2, 0.25) is 0 Å². The van der Waals surface area contributed by atoms with Crippen LogP contribution in [-0.2, 0) is 0 Å². The smallest absolute Gasteiger partial charge is 0.262 e. The van der Waals surface area contributed by atoms with E-state index in [1.165, 1.54) is 7.05 Å². The molecule has 1 aliphatic rings. The lowest BCUT2D eigenvalue weighted by Crippen LogP contribution is -2.24. The predicted molar refractivity (Wildman–Crippen MR) is 60.6 cm³/mol. The van der Waals surface area contributed by atoms with Crippen molar-refractivity contribution >= 4 is 11.8 Å². The maximum atomic E-state index is 12.0. The molecule has 0 bridgehead atoms. The average molecular weight is 227 g/mol. The lowest BCUT2D eigenvalue weighted by Gasteiger charge is -2.04. The molecule has 1 aliphatic heterocycles. The molecule has 0 fully saturated rings. The highest BCUT2D eigenvalue weighted by atomic mass is 16.3. The van der Waals surface area contributed by atoms with Crippen LogP contribution >= 0.6 is 0 Å². The Kier molecular flexibility index (Phi) is 1.92. The first-order chi connectivity index (χ1) is 8.20. The van der Waals surface area contributed by atoms with Crippen molar-refractivity contribution in [2.75, 3.05) is 7.05 Å². The number of benzene rings is 1. The molecular formula is C13H9NO3. The average Bonchev–Trinajstić information content (AvgIpc) is 2.94. The maximum Gasteiger partial charge on any atom is 0.262 e. The lowest BCUT2D eigenvalue weighted by molar-refractivity contribution is 0.0693. The number of nitrogens with zero attached hydrogens (tertiary/aromatic N) is 1. The maximum absolute atomic E-state index is 12.0. The van der Waals surface area contributed by atoms with Gasteiger partial charge in [0.25, 0.3) is 11.8 Å². The fourth-order valence-corrected chi connectivity index (χ4v) is 2.04. The Balaban J connectivity index is 2.29. The number of hydrogen-bond donors (Lipinski definition) is 0. The molecule has 0 atom stereocenters. The molecule has 0 radical (unpaired) electrons. The number of furan rings is 1. The second kappa shape index (κ2) is 3.31. The Morgan fingerprint density at radius 3 is 2.47 bits per heavy atom. The van der Waals surface area contributed by atoms with E-state index in [1.54, 1.807) is 36.6 Å². The van der Waals surface area contributed by atoms with Gasteiger partial charge in [0, 0.05) is 12.6 Å². The van der Waals surface area contributed by atoms with Gasteiger partial charge in [-0.2, -0.15) is 0 Å². The number of fused-ring (bicyclic) bond motifs is 1. The van der Waals surface area contributed by atoms with E-state index in [0.29, 0.717) is 22.5 Å². The van der Waals surface area contributed by atoms with Crippen molar-refractivity contribution in [2.45, 2.75) is 0 Å². The number of carbonyl (C=O) groups is 2. The molecule has 0 saturated heterocycles. The largest absolute Gasteiger partial charge is 0.464 e. The molecule has 1 aromatic heterocycles. The van der Waals surface area contributed by atoms with Crippen LogP contribution in [0.5, 0.6) is 0 Å². The van der Waals surface area contributed by atoms with Crippen LogP contribution < -0.4 is 0 Å². The van der Waals surface area contributed by atoms with E-state index >= 15 is 0 Å². The third kappa shape index (κ3) is 1.24. The second-order valence-corrected chi connectivity index (χ2v) is 3.87. The van der Waals surface area contributed by atoms with Gasteiger partial charge < -0.3 is 4.42 Å². The molecule has 0 aliphatic carbocycles. The topological polar surface area (TPSA) is 50.5 Å². The first-order valence-electron chi connectivity index (χ1n) is 5.19. The number of carbonyl (C=O) groups excluding carboxylic acids is 2. The van der Waals surface area contributed by atoms with Crippen molar-refractivity contribution in [1.29, 1.82) is 0 Å².